The Labute approximate surface area is 127 Å². The molecule has 1 N–H and O–H groups in total. The predicted octanol–water partition coefficient (Wildman–Crippen LogP) is 4.61. The molecule has 0 saturated heterocycles. The van der Waals surface area contributed by atoms with E-state index < -0.39 is 0 Å². The number of hydrogen-bond acceptors (Lipinski definition) is 3. The van der Waals surface area contributed by atoms with Gasteiger partial charge in [0.25, 0.3) is 0 Å². The van der Waals surface area contributed by atoms with Crippen molar-refractivity contribution in [3.05, 3.63) is 49.9 Å². The molecule has 0 bridgehead atoms. The molecule has 0 aliphatic rings. The Hall–Kier alpha value is -0.710. The summed E-state index contributed by atoms with van der Waals surface area (Å²) >= 11 is 5.28. The second kappa shape index (κ2) is 6.16. The quantitative estimate of drug-likeness (QED) is 0.880. The Morgan fingerprint density at radius 1 is 1.26 bits per heavy atom. The molecule has 2 nitrogen and oxygen atoms in total. The first-order valence-electron chi connectivity index (χ1n) is 6.41. The van der Waals surface area contributed by atoms with E-state index in [2.05, 4.69) is 70.6 Å². The first-order chi connectivity index (χ1) is 8.97. The van der Waals surface area contributed by atoms with Crippen molar-refractivity contribution in [1.82, 2.24) is 10.3 Å². The highest BCUT2D eigenvalue weighted by molar-refractivity contribution is 9.10. The van der Waals surface area contributed by atoms with Crippen LogP contribution in [0.1, 0.15) is 41.7 Å². The van der Waals surface area contributed by atoms with E-state index in [1.807, 2.05) is 6.92 Å². The first kappa shape index (κ1) is 14.7. The standard InChI is InChI=1S/C15H19BrN2S/c1-9(2)17-14(15-18-11(4)8-19-15)12-5-6-13(16)10(3)7-12/h5-9,14,17H,1-4H3. The summed E-state index contributed by atoms with van der Waals surface area (Å²) in [7, 11) is 0. The van der Waals surface area contributed by atoms with Crippen LogP contribution >= 0.6 is 27.3 Å². The highest BCUT2D eigenvalue weighted by Gasteiger charge is 2.18. The van der Waals surface area contributed by atoms with Gasteiger partial charge in [-0.2, -0.15) is 0 Å². The van der Waals surface area contributed by atoms with E-state index in [1.165, 1.54) is 11.1 Å². The Morgan fingerprint density at radius 2 is 2.00 bits per heavy atom. The molecule has 0 fully saturated rings. The van der Waals surface area contributed by atoms with Crippen LogP contribution in [0.4, 0.5) is 0 Å². The normalized spacial score (nSPS) is 12.9. The van der Waals surface area contributed by atoms with Gasteiger partial charge in [-0.1, -0.05) is 28.1 Å². The van der Waals surface area contributed by atoms with Crippen molar-refractivity contribution >= 4 is 27.3 Å². The van der Waals surface area contributed by atoms with Crippen LogP contribution in [0.15, 0.2) is 28.1 Å². The summed E-state index contributed by atoms with van der Waals surface area (Å²) in [5.74, 6) is 0. The summed E-state index contributed by atoms with van der Waals surface area (Å²) in [6.07, 6.45) is 0. The van der Waals surface area contributed by atoms with Gasteiger partial charge < -0.3 is 5.32 Å². The second-order valence-corrected chi connectivity index (χ2v) is 6.83. The number of benzene rings is 1. The number of aryl methyl sites for hydroxylation is 2. The highest BCUT2D eigenvalue weighted by atomic mass is 79.9. The first-order valence-corrected chi connectivity index (χ1v) is 8.08. The summed E-state index contributed by atoms with van der Waals surface area (Å²) in [5.41, 5.74) is 3.61. The van der Waals surface area contributed by atoms with Gasteiger partial charge in [-0.3, -0.25) is 0 Å². The molecule has 4 heteroatoms. The van der Waals surface area contributed by atoms with E-state index in [0.29, 0.717) is 6.04 Å². The lowest BCUT2D eigenvalue weighted by molar-refractivity contribution is 0.526. The summed E-state index contributed by atoms with van der Waals surface area (Å²) in [6, 6.07) is 7.08. The summed E-state index contributed by atoms with van der Waals surface area (Å²) in [6.45, 7) is 8.49. The number of nitrogens with one attached hydrogen (secondary N) is 1. The van der Waals surface area contributed by atoms with Crippen LogP contribution in [-0.2, 0) is 0 Å². The van der Waals surface area contributed by atoms with Gasteiger partial charge in [0.15, 0.2) is 0 Å². The maximum Gasteiger partial charge on any atom is 0.114 e. The molecule has 0 radical (unpaired) electrons. The maximum absolute atomic E-state index is 4.64. The molecule has 1 aromatic carbocycles. The van der Waals surface area contributed by atoms with Gasteiger partial charge in [0.1, 0.15) is 5.01 Å². The average molecular weight is 339 g/mol. The van der Waals surface area contributed by atoms with Gasteiger partial charge in [-0.15, -0.1) is 11.3 Å². The van der Waals surface area contributed by atoms with Crippen LogP contribution in [0.3, 0.4) is 0 Å². The van der Waals surface area contributed by atoms with Crippen LogP contribution in [0.5, 0.6) is 0 Å². The third-order valence-corrected chi connectivity index (χ3v) is 4.82. The summed E-state index contributed by atoms with van der Waals surface area (Å²) in [5, 5.41) is 6.84. The van der Waals surface area contributed by atoms with Crippen LogP contribution < -0.4 is 5.32 Å². The molecule has 0 spiro atoms. The average Bonchev–Trinajstić information content (AvgIpc) is 2.76. The number of halogens is 1. The van der Waals surface area contributed by atoms with Crippen molar-refractivity contribution in [1.29, 1.82) is 0 Å². The summed E-state index contributed by atoms with van der Waals surface area (Å²) < 4.78 is 1.15. The third-order valence-electron chi connectivity index (χ3n) is 2.90. The molecule has 0 aliphatic carbocycles. The maximum atomic E-state index is 4.64. The molecule has 2 rings (SSSR count). The minimum atomic E-state index is 0.172. The minimum Gasteiger partial charge on any atom is -0.302 e. The molecule has 1 heterocycles. The largest absolute Gasteiger partial charge is 0.302 e. The molecular weight excluding hydrogens is 320 g/mol. The van der Waals surface area contributed by atoms with E-state index in [1.54, 1.807) is 11.3 Å². The van der Waals surface area contributed by atoms with Crippen molar-refractivity contribution in [2.75, 3.05) is 0 Å². The Balaban J connectivity index is 2.39. The molecule has 0 aliphatic heterocycles. The predicted molar refractivity (Wildman–Crippen MR) is 85.8 cm³/mol. The van der Waals surface area contributed by atoms with Crippen LogP contribution in [0.25, 0.3) is 0 Å². The number of nitrogens with zero attached hydrogens (tertiary/aromatic N) is 1. The van der Waals surface area contributed by atoms with Crippen molar-refractivity contribution in [2.45, 2.75) is 39.8 Å². The zero-order valence-corrected chi connectivity index (χ0v) is 14.1. The zero-order valence-electron chi connectivity index (χ0n) is 11.7. The molecule has 0 saturated carbocycles. The fourth-order valence-electron chi connectivity index (χ4n) is 2.00. The molecule has 1 unspecified atom stereocenters. The van der Waals surface area contributed by atoms with Crippen molar-refractivity contribution in [2.24, 2.45) is 0 Å². The SMILES string of the molecule is Cc1csc(C(NC(C)C)c2ccc(Br)c(C)c2)n1. The monoisotopic (exact) mass is 338 g/mol. The number of hydrogen-bond donors (Lipinski definition) is 1. The molecule has 1 atom stereocenters. The zero-order chi connectivity index (χ0) is 14.0. The van der Waals surface area contributed by atoms with Gasteiger partial charge in [-0.25, -0.2) is 4.98 Å². The van der Waals surface area contributed by atoms with Gasteiger partial charge in [-0.05, 0) is 44.9 Å². The highest BCUT2D eigenvalue weighted by Crippen LogP contribution is 2.28. The topological polar surface area (TPSA) is 24.9 Å². The van der Waals surface area contributed by atoms with E-state index in [-0.39, 0.29) is 6.04 Å². The Kier molecular flexibility index (Phi) is 4.76. The van der Waals surface area contributed by atoms with E-state index >= 15 is 0 Å². The molecule has 1 aromatic heterocycles. The van der Waals surface area contributed by atoms with E-state index in [4.69, 9.17) is 0 Å². The molecule has 2 aromatic rings. The smallest absolute Gasteiger partial charge is 0.114 e. The lowest BCUT2D eigenvalue weighted by Gasteiger charge is -2.20. The molecule has 0 amide bonds. The third kappa shape index (κ3) is 3.65. The van der Waals surface area contributed by atoms with E-state index in [9.17, 15) is 0 Å². The molecule has 19 heavy (non-hydrogen) atoms. The molecular formula is C15H19BrN2S. The Morgan fingerprint density at radius 3 is 2.53 bits per heavy atom. The van der Waals surface area contributed by atoms with Crippen LogP contribution in [-0.4, -0.2) is 11.0 Å². The van der Waals surface area contributed by atoms with Gasteiger partial charge in [0.2, 0.25) is 0 Å². The number of thiazole rings is 1. The minimum absolute atomic E-state index is 0.172. The second-order valence-electron chi connectivity index (χ2n) is 5.09. The van der Waals surface area contributed by atoms with Crippen molar-refractivity contribution < 1.29 is 0 Å². The van der Waals surface area contributed by atoms with Crippen LogP contribution in [0, 0.1) is 13.8 Å². The Bertz CT molecular complexity index is 563. The molecule has 102 valence electrons. The fraction of sp³-hybridized carbons (Fsp3) is 0.400. The lowest BCUT2D eigenvalue weighted by Crippen LogP contribution is -2.29. The van der Waals surface area contributed by atoms with E-state index in [0.717, 1.165) is 15.2 Å². The van der Waals surface area contributed by atoms with Gasteiger partial charge >= 0.3 is 0 Å². The number of rotatable bonds is 4. The van der Waals surface area contributed by atoms with Crippen molar-refractivity contribution in [3.8, 4) is 0 Å². The lowest BCUT2D eigenvalue weighted by atomic mass is 10.0. The number of aromatic nitrogens is 1. The van der Waals surface area contributed by atoms with Crippen LogP contribution in [0.2, 0.25) is 0 Å². The van der Waals surface area contributed by atoms with Crippen molar-refractivity contribution in [3.63, 3.8) is 0 Å². The van der Waals surface area contributed by atoms with Gasteiger partial charge in [0.05, 0.1) is 6.04 Å². The van der Waals surface area contributed by atoms with Gasteiger partial charge in [0, 0.05) is 21.6 Å². The summed E-state index contributed by atoms with van der Waals surface area (Å²) in [4.78, 5) is 4.64. The fourth-order valence-corrected chi connectivity index (χ4v) is 3.12.